The second-order valence-corrected chi connectivity index (χ2v) is 9.83. The molecule has 0 saturated heterocycles. The number of ether oxygens (including phenoxy) is 3. The van der Waals surface area contributed by atoms with E-state index < -0.39 is 0 Å². The highest BCUT2D eigenvalue weighted by atomic mass is 16.5. The average Bonchev–Trinajstić information content (AvgIpc) is 2.88. The SMILES string of the molecule is CCC(C)c1cccc(Oc2nc(Oc3cccc(C(C)C)c3)nc(Oc3cccc(C(C)C)c3)n2)c1. The number of rotatable bonds is 10. The van der Waals surface area contributed by atoms with E-state index in [4.69, 9.17) is 14.2 Å². The second kappa shape index (κ2) is 11.9. The largest absolute Gasteiger partial charge is 0.424 e. The molecule has 0 bridgehead atoms. The first-order chi connectivity index (χ1) is 17.8. The molecule has 0 N–H and O–H groups in total. The van der Waals surface area contributed by atoms with E-state index >= 15 is 0 Å². The zero-order valence-electron chi connectivity index (χ0n) is 22.4. The third-order valence-corrected chi connectivity index (χ3v) is 6.29. The normalized spacial score (nSPS) is 12.0. The molecule has 0 aliphatic carbocycles. The highest BCUT2D eigenvalue weighted by molar-refractivity contribution is 5.35. The van der Waals surface area contributed by atoms with Gasteiger partial charge in [0, 0.05) is 0 Å². The van der Waals surface area contributed by atoms with Crippen LogP contribution in [0.25, 0.3) is 0 Å². The van der Waals surface area contributed by atoms with Crippen molar-refractivity contribution in [2.75, 3.05) is 0 Å². The van der Waals surface area contributed by atoms with Crippen LogP contribution in [0.15, 0.2) is 72.8 Å². The molecule has 1 heterocycles. The molecule has 1 unspecified atom stereocenters. The summed E-state index contributed by atoms with van der Waals surface area (Å²) in [4.78, 5) is 13.3. The Labute approximate surface area is 219 Å². The van der Waals surface area contributed by atoms with E-state index in [9.17, 15) is 0 Å². The molecule has 192 valence electrons. The zero-order chi connectivity index (χ0) is 26.4. The number of nitrogens with zero attached hydrogens (tertiary/aromatic N) is 3. The van der Waals surface area contributed by atoms with Crippen LogP contribution in [-0.2, 0) is 0 Å². The predicted octanol–water partition coefficient (Wildman–Crippen LogP) is 9.01. The summed E-state index contributed by atoms with van der Waals surface area (Å²) in [7, 11) is 0. The lowest BCUT2D eigenvalue weighted by Gasteiger charge is -2.13. The van der Waals surface area contributed by atoms with Crippen LogP contribution in [0.3, 0.4) is 0 Å². The number of aromatic nitrogens is 3. The van der Waals surface area contributed by atoms with E-state index in [-0.39, 0.29) is 18.0 Å². The molecule has 0 radical (unpaired) electrons. The Balaban J connectivity index is 1.67. The van der Waals surface area contributed by atoms with Gasteiger partial charge in [-0.25, -0.2) is 0 Å². The van der Waals surface area contributed by atoms with Gasteiger partial charge in [-0.05, 0) is 77.3 Å². The standard InChI is InChI=1S/C31H35N3O3/c1-7-22(6)25-13-10-16-28(19-25)37-31-33-29(35-26-14-8-11-23(17-26)20(2)3)32-30(34-31)36-27-15-9-12-24(18-27)21(4)5/h8-22H,7H2,1-6H3. The van der Waals surface area contributed by atoms with Crippen molar-refractivity contribution in [3.05, 3.63) is 89.5 Å². The topological polar surface area (TPSA) is 66.4 Å². The van der Waals surface area contributed by atoms with Gasteiger partial charge in [-0.2, -0.15) is 0 Å². The third-order valence-electron chi connectivity index (χ3n) is 6.29. The van der Waals surface area contributed by atoms with Gasteiger partial charge in [0.1, 0.15) is 17.2 Å². The second-order valence-electron chi connectivity index (χ2n) is 9.83. The third kappa shape index (κ3) is 7.06. The minimum Gasteiger partial charge on any atom is -0.424 e. The van der Waals surface area contributed by atoms with E-state index in [0.717, 1.165) is 17.5 Å². The van der Waals surface area contributed by atoms with Crippen LogP contribution in [-0.4, -0.2) is 15.0 Å². The van der Waals surface area contributed by atoms with Gasteiger partial charge in [-0.3, -0.25) is 0 Å². The molecule has 6 nitrogen and oxygen atoms in total. The lowest BCUT2D eigenvalue weighted by atomic mass is 9.99. The fraction of sp³-hybridized carbons (Fsp3) is 0.323. The average molecular weight is 498 g/mol. The van der Waals surface area contributed by atoms with Gasteiger partial charge >= 0.3 is 18.0 Å². The zero-order valence-corrected chi connectivity index (χ0v) is 22.4. The first kappa shape index (κ1) is 26.1. The molecular weight excluding hydrogens is 462 g/mol. The van der Waals surface area contributed by atoms with Gasteiger partial charge in [0.05, 0.1) is 0 Å². The summed E-state index contributed by atoms with van der Waals surface area (Å²) in [5.41, 5.74) is 3.51. The highest BCUT2D eigenvalue weighted by Crippen LogP contribution is 2.30. The van der Waals surface area contributed by atoms with Gasteiger partial charge in [0.2, 0.25) is 0 Å². The van der Waals surface area contributed by atoms with E-state index in [1.165, 1.54) is 5.56 Å². The highest BCUT2D eigenvalue weighted by Gasteiger charge is 2.15. The van der Waals surface area contributed by atoms with Gasteiger partial charge in [-0.15, -0.1) is 15.0 Å². The quantitative estimate of drug-likeness (QED) is 0.218. The first-order valence-electron chi connectivity index (χ1n) is 12.9. The lowest BCUT2D eigenvalue weighted by Crippen LogP contribution is -2.02. The predicted molar refractivity (Wildman–Crippen MR) is 146 cm³/mol. The summed E-state index contributed by atoms with van der Waals surface area (Å²) in [6, 6.07) is 24.0. The van der Waals surface area contributed by atoms with Gasteiger partial charge in [0.15, 0.2) is 0 Å². The van der Waals surface area contributed by atoms with Gasteiger partial charge in [-0.1, -0.05) is 77.9 Å². The van der Waals surface area contributed by atoms with Crippen molar-refractivity contribution in [3.8, 4) is 35.3 Å². The Morgan fingerprint density at radius 3 is 1.24 bits per heavy atom. The molecule has 6 heteroatoms. The number of benzene rings is 3. The van der Waals surface area contributed by atoms with Crippen molar-refractivity contribution < 1.29 is 14.2 Å². The molecule has 3 aromatic carbocycles. The van der Waals surface area contributed by atoms with Crippen LogP contribution < -0.4 is 14.2 Å². The maximum atomic E-state index is 6.07. The Bertz CT molecular complexity index is 1270. The van der Waals surface area contributed by atoms with Crippen molar-refractivity contribution in [2.24, 2.45) is 0 Å². The minimum absolute atomic E-state index is 0.0963. The summed E-state index contributed by atoms with van der Waals surface area (Å²) in [5.74, 6) is 3.06. The van der Waals surface area contributed by atoms with Gasteiger partial charge in [0.25, 0.3) is 0 Å². The van der Waals surface area contributed by atoms with Gasteiger partial charge < -0.3 is 14.2 Å². The van der Waals surface area contributed by atoms with Crippen LogP contribution >= 0.6 is 0 Å². The summed E-state index contributed by atoms with van der Waals surface area (Å²) in [5, 5.41) is 0. The van der Waals surface area contributed by atoms with Crippen molar-refractivity contribution >= 4 is 0 Å². The molecule has 0 saturated carbocycles. The van der Waals surface area contributed by atoms with E-state index in [2.05, 4.69) is 74.7 Å². The number of hydrogen-bond donors (Lipinski definition) is 0. The summed E-state index contributed by atoms with van der Waals surface area (Å²) < 4.78 is 18.2. The molecule has 0 aliphatic rings. The Kier molecular flexibility index (Phi) is 8.39. The minimum atomic E-state index is 0.0963. The van der Waals surface area contributed by atoms with E-state index in [1.807, 2.05) is 54.6 Å². The molecule has 4 rings (SSSR count). The fourth-order valence-corrected chi connectivity index (χ4v) is 3.77. The van der Waals surface area contributed by atoms with Crippen LogP contribution in [0.1, 0.15) is 82.4 Å². The lowest BCUT2D eigenvalue weighted by molar-refractivity contribution is 0.361. The van der Waals surface area contributed by atoms with Crippen LogP contribution in [0, 0.1) is 0 Å². The van der Waals surface area contributed by atoms with Crippen molar-refractivity contribution in [1.29, 1.82) is 0 Å². The van der Waals surface area contributed by atoms with Crippen LogP contribution in [0.2, 0.25) is 0 Å². The van der Waals surface area contributed by atoms with Crippen molar-refractivity contribution in [3.63, 3.8) is 0 Å². The van der Waals surface area contributed by atoms with E-state index in [0.29, 0.717) is 35.0 Å². The smallest absolute Gasteiger partial charge is 0.331 e. The fourth-order valence-electron chi connectivity index (χ4n) is 3.77. The molecule has 0 spiro atoms. The molecule has 0 amide bonds. The molecular formula is C31H35N3O3. The molecule has 4 aromatic rings. The van der Waals surface area contributed by atoms with Crippen LogP contribution in [0.4, 0.5) is 0 Å². The van der Waals surface area contributed by atoms with E-state index in [1.54, 1.807) is 0 Å². The molecule has 1 aromatic heterocycles. The van der Waals surface area contributed by atoms with Crippen LogP contribution in [0.5, 0.6) is 35.3 Å². The molecule has 1 atom stereocenters. The monoisotopic (exact) mass is 497 g/mol. The maximum Gasteiger partial charge on any atom is 0.331 e. The maximum absolute atomic E-state index is 6.07. The Morgan fingerprint density at radius 1 is 0.541 bits per heavy atom. The Hall–Kier alpha value is -3.93. The summed E-state index contributed by atoms with van der Waals surface area (Å²) in [6.07, 6.45) is 1.04. The Morgan fingerprint density at radius 2 is 0.892 bits per heavy atom. The summed E-state index contributed by atoms with van der Waals surface area (Å²) in [6.45, 7) is 12.9. The molecule has 37 heavy (non-hydrogen) atoms. The summed E-state index contributed by atoms with van der Waals surface area (Å²) >= 11 is 0. The van der Waals surface area contributed by atoms with Crippen molar-refractivity contribution in [1.82, 2.24) is 15.0 Å². The number of hydrogen-bond acceptors (Lipinski definition) is 6. The first-order valence-corrected chi connectivity index (χ1v) is 12.9. The molecule has 0 fully saturated rings. The molecule has 0 aliphatic heterocycles. The van der Waals surface area contributed by atoms with Crippen molar-refractivity contribution in [2.45, 2.75) is 65.7 Å².